The van der Waals surface area contributed by atoms with Crippen molar-refractivity contribution < 1.29 is 4.52 Å². The molecule has 2 N–H and O–H groups in total. The maximum atomic E-state index is 5.67. The number of rotatable bonds is 1. The van der Waals surface area contributed by atoms with Crippen LogP contribution in [0.25, 0.3) is 11.0 Å². The number of nitrogens with two attached hydrogens (primary N) is 1. The standard InChI is InChI=1S/C11H12N2O/c12-8-4-5-9-10(6-8)14-13-11(9)7-2-1-3-7/h4-7H,1-3,12H2. The molecule has 3 heteroatoms. The van der Waals surface area contributed by atoms with Gasteiger partial charge in [-0.05, 0) is 25.0 Å². The van der Waals surface area contributed by atoms with Gasteiger partial charge in [-0.3, -0.25) is 0 Å². The Morgan fingerprint density at radius 3 is 2.93 bits per heavy atom. The third kappa shape index (κ3) is 1.02. The fraction of sp³-hybridized carbons (Fsp3) is 0.364. The highest BCUT2D eigenvalue weighted by Crippen LogP contribution is 2.39. The third-order valence-electron chi connectivity index (χ3n) is 3.02. The lowest BCUT2D eigenvalue weighted by atomic mass is 9.82. The van der Waals surface area contributed by atoms with E-state index in [0.29, 0.717) is 5.92 Å². The topological polar surface area (TPSA) is 52.0 Å². The van der Waals surface area contributed by atoms with Crippen molar-refractivity contribution in [2.24, 2.45) is 0 Å². The van der Waals surface area contributed by atoms with E-state index in [9.17, 15) is 0 Å². The average molecular weight is 188 g/mol. The zero-order valence-corrected chi connectivity index (χ0v) is 7.86. The van der Waals surface area contributed by atoms with E-state index >= 15 is 0 Å². The fourth-order valence-corrected chi connectivity index (χ4v) is 1.95. The van der Waals surface area contributed by atoms with Crippen LogP contribution >= 0.6 is 0 Å². The van der Waals surface area contributed by atoms with E-state index in [1.165, 1.54) is 19.3 Å². The summed E-state index contributed by atoms with van der Waals surface area (Å²) in [7, 11) is 0. The second-order valence-corrected chi connectivity index (χ2v) is 3.95. The van der Waals surface area contributed by atoms with Crippen LogP contribution in [-0.4, -0.2) is 5.16 Å². The zero-order chi connectivity index (χ0) is 9.54. The van der Waals surface area contributed by atoms with Crippen LogP contribution in [0.1, 0.15) is 30.9 Å². The quantitative estimate of drug-likeness (QED) is 0.700. The summed E-state index contributed by atoms with van der Waals surface area (Å²) < 4.78 is 5.26. The van der Waals surface area contributed by atoms with Crippen molar-refractivity contribution in [3.05, 3.63) is 23.9 Å². The fourth-order valence-electron chi connectivity index (χ4n) is 1.95. The van der Waals surface area contributed by atoms with Crippen molar-refractivity contribution in [1.82, 2.24) is 5.16 Å². The normalized spacial score (nSPS) is 17.1. The minimum Gasteiger partial charge on any atom is -0.399 e. The highest BCUT2D eigenvalue weighted by atomic mass is 16.5. The molecule has 0 atom stereocenters. The van der Waals surface area contributed by atoms with E-state index in [4.69, 9.17) is 10.3 Å². The van der Waals surface area contributed by atoms with Crippen LogP contribution in [0, 0.1) is 0 Å². The number of nitrogens with zero attached hydrogens (tertiary/aromatic N) is 1. The van der Waals surface area contributed by atoms with Crippen molar-refractivity contribution in [2.45, 2.75) is 25.2 Å². The predicted molar refractivity (Wildman–Crippen MR) is 55.0 cm³/mol. The number of hydrogen-bond donors (Lipinski definition) is 1. The smallest absolute Gasteiger partial charge is 0.169 e. The number of benzene rings is 1. The van der Waals surface area contributed by atoms with Crippen molar-refractivity contribution in [1.29, 1.82) is 0 Å². The van der Waals surface area contributed by atoms with Gasteiger partial charge in [0.25, 0.3) is 0 Å². The first-order valence-corrected chi connectivity index (χ1v) is 4.99. The lowest BCUT2D eigenvalue weighted by Gasteiger charge is -2.22. The van der Waals surface area contributed by atoms with E-state index in [0.717, 1.165) is 22.4 Å². The molecule has 3 rings (SSSR count). The van der Waals surface area contributed by atoms with E-state index in [2.05, 4.69) is 5.16 Å². The molecule has 2 aromatic rings. The Kier molecular flexibility index (Phi) is 1.54. The SMILES string of the molecule is Nc1ccc2c(C3CCC3)noc2c1. The van der Waals surface area contributed by atoms with E-state index in [1.54, 1.807) is 0 Å². The van der Waals surface area contributed by atoms with Crippen LogP contribution in [0.3, 0.4) is 0 Å². The van der Waals surface area contributed by atoms with Gasteiger partial charge in [0, 0.05) is 23.1 Å². The monoisotopic (exact) mass is 188 g/mol. The highest BCUT2D eigenvalue weighted by Gasteiger charge is 2.24. The molecule has 0 unspecified atom stereocenters. The Balaban J connectivity index is 2.16. The van der Waals surface area contributed by atoms with Crippen LogP contribution in [-0.2, 0) is 0 Å². The van der Waals surface area contributed by atoms with Gasteiger partial charge < -0.3 is 10.3 Å². The molecular weight excluding hydrogens is 176 g/mol. The minimum absolute atomic E-state index is 0.611. The van der Waals surface area contributed by atoms with Crippen LogP contribution < -0.4 is 5.73 Å². The summed E-state index contributed by atoms with van der Waals surface area (Å²) in [5.74, 6) is 0.611. The van der Waals surface area contributed by atoms with Gasteiger partial charge in [-0.15, -0.1) is 0 Å². The van der Waals surface area contributed by atoms with Gasteiger partial charge in [0.15, 0.2) is 5.58 Å². The summed E-state index contributed by atoms with van der Waals surface area (Å²) in [5.41, 5.74) is 8.33. The molecule has 1 aliphatic carbocycles. The van der Waals surface area contributed by atoms with Gasteiger partial charge in [-0.1, -0.05) is 11.6 Å². The van der Waals surface area contributed by atoms with Gasteiger partial charge in [-0.2, -0.15) is 0 Å². The molecule has 0 spiro atoms. The first kappa shape index (κ1) is 7.85. The van der Waals surface area contributed by atoms with Crippen molar-refractivity contribution >= 4 is 16.7 Å². The third-order valence-corrected chi connectivity index (χ3v) is 3.02. The lowest BCUT2D eigenvalue weighted by Crippen LogP contribution is -2.09. The molecule has 0 amide bonds. The molecule has 0 saturated heterocycles. The molecule has 1 fully saturated rings. The van der Waals surface area contributed by atoms with Gasteiger partial charge in [0.2, 0.25) is 0 Å². The molecule has 3 nitrogen and oxygen atoms in total. The molecular formula is C11H12N2O. The van der Waals surface area contributed by atoms with E-state index in [-0.39, 0.29) is 0 Å². The number of aromatic nitrogens is 1. The second kappa shape index (κ2) is 2.74. The van der Waals surface area contributed by atoms with Gasteiger partial charge in [0.05, 0.1) is 5.69 Å². The molecule has 1 aliphatic rings. The van der Waals surface area contributed by atoms with Crippen molar-refractivity contribution in [3.63, 3.8) is 0 Å². The maximum Gasteiger partial charge on any atom is 0.169 e. The average Bonchev–Trinajstić information content (AvgIpc) is 2.45. The largest absolute Gasteiger partial charge is 0.399 e. The van der Waals surface area contributed by atoms with Crippen LogP contribution in [0.15, 0.2) is 22.7 Å². The lowest BCUT2D eigenvalue weighted by molar-refractivity contribution is 0.375. The molecule has 14 heavy (non-hydrogen) atoms. The van der Waals surface area contributed by atoms with Crippen LogP contribution in [0.2, 0.25) is 0 Å². The Labute approximate surface area is 81.9 Å². The number of fused-ring (bicyclic) bond motifs is 1. The predicted octanol–water partition coefficient (Wildman–Crippen LogP) is 2.68. The minimum atomic E-state index is 0.611. The summed E-state index contributed by atoms with van der Waals surface area (Å²) in [6, 6.07) is 5.75. The van der Waals surface area contributed by atoms with Crippen molar-refractivity contribution in [2.75, 3.05) is 5.73 Å². The molecule has 0 radical (unpaired) electrons. The number of hydrogen-bond acceptors (Lipinski definition) is 3. The van der Waals surface area contributed by atoms with Crippen LogP contribution in [0.5, 0.6) is 0 Å². The summed E-state index contributed by atoms with van der Waals surface area (Å²) >= 11 is 0. The van der Waals surface area contributed by atoms with E-state index in [1.807, 2.05) is 18.2 Å². The molecule has 0 aliphatic heterocycles. The first-order valence-electron chi connectivity index (χ1n) is 4.99. The Bertz CT molecular complexity index is 471. The first-order chi connectivity index (χ1) is 6.84. The summed E-state index contributed by atoms with van der Waals surface area (Å²) in [6.07, 6.45) is 3.80. The van der Waals surface area contributed by atoms with Crippen LogP contribution in [0.4, 0.5) is 5.69 Å². The molecule has 1 heterocycles. The zero-order valence-electron chi connectivity index (χ0n) is 7.86. The van der Waals surface area contributed by atoms with Gasteiger partial charge >= 0.3 is 0 Å². The summed E-state index contributed by atoms with van der Waals surface area (Å²) in [6.45, 7) is 0. The molecule has 72 valence electrons. The molecule has 1 aromatic carbocycles. The van der Waals surface area contributed by atoms with E-state index < -0.39 is 0 Å². The molecule has 0 bridgehead atoms. The maximum absolute atomic E-state index is 5.67. The Morgan fingerprint density at radius 2 is 2.21 bits per heavy atom. The van der Waals surface area contributed by atoms with Crippen molar-refractivity contribution in [3.8, 4) is 0 Å². The number of anilines is 1. The second-order valence-electron chi connectivity index (χ2n) is 3.95. The Morgan fingerprint density at radius 1 is 1.36 bits per heavy atom. The number of nitrogen functional groups attached to an aromatic ring is 1. The summed E-state index contributed by atoms with van der Waals surface area (Å²) in [4.78, 5) is 0. The molecule has 1 aromatic heterocycles. The Hall–Kier alpha value is -1.51. The summed E-state index contributed by atoms with van der Waals surface area (Å²) in [5, 5.41) is 5.26. The van der Waals surface area contributed by atoms with Gasteiger partial charge in [-0.25, -0.2) is 0 Å². The van der Waals surface area contributed by atoms with Gasteiger partial charge in [0.1, 0.15) is 0 Å². The molecule has 1 saturated carbocycles. The highest BCUT2D eigenvalue weighted by molar-refractivity contribution is 5.82.